The number of ether oxygens (including phenoxy) is 1. The Kier molecular flexibility index (Phi) is 10.7. The third-order valence-corrected chi connectivity index (χ3v) is 4.38. The van der Waals surface area contributed by atoms with E-state index in [4.69, 9.17) is 4.74 Å². The lowest BCUT2D eigenvalue weighted by atomic mass is 10.1. The van der Waals surface area contributed by atoms with E-state index in [9.17, 15) is 4.79 Å². The molecule has 0 spiro atoms. The Labute approximate surface area is 180 Å². The minimum absolute atomic E-state index is 0. The Morgan fingerprint density at radius 3 is 2.52 bits per heavy atom. The second-order valence-corrected chi connectivity index (χ2v) is 7.14. The largest absolute Gasteiger partial charge is 0.376 e. The van der Waals surface area contributed by atoms with Crippen LogP contribution < -0.4 is 10.6 Å². The van der Waals surface area contributed by atoms with E-state index in [0.717, 1.165) is 32.4 Å². The van der Waals surface area contributed by atoms with E-state index in [-0.39, 0.29) is 42.5 Å². The second-order valence-electron chi connectivity index (χ2n) is 7.14. The van der Waals surface area contributed by atoms with Crippen LogP contribution in [-0.4, -0.2) is 63.2 Å². The zero-order valence-corrected chi connectivity index (χ0v) is 19.2. The lowest BCUT2D eigenvalue weighted by Crippen LogP contribution is -2.42. The monoisotopic (exact) mass is 488 g/mol. The minimum atomic E-state index is -0.0162. The minimum Gasteiger partial charge on any atom is -0.376 e. The molecule has 1 atom stereocenters. The first-order valence-corrected chi connectivity index (χ1v) is 9.35. The van der Waals surface area contributed by atoms with Crippen molar-refractivity contribution < 1.29 is 9.53 Å². The van der Waals surface area contributed by atoms with Crippen molar-refractivity contribution in [2.75, 3.05) is 40.3 Å². The van der Waals surface area contributed by atoms with Gasteiger partial charge >= 0.3 is 0 Å². The summed E-state index contributed by atoms with van der Waals surface area (Å²) in [6.45, 7) is 6.68. The normalized spacial score (nSPS) is 16.6. The first-order valence-electron chi connectivity index (χ1n) is 9.35. The van der Waals surface area contributed by atoms with Crippen molar-refractivity contribution in [2.24, 2.45) is 4.99 Å². The molecule has 7 heteroatoms. The van der Waals surface area contributed by atoms with Crippen molar-refractivity contribution in [1.82, 2.24) is 15.5 Å². The van der Waals surface area contributed by atoms with Crippen molar-refractivity contribution in [3.05, 3.63) is 34.9 Å². The summed E-state index contributed by atoms with van der Waals surface area (Å²) in [5.41, 5.74) is 3.86. The van der Waals surface area contributed by atoms with Crippen molar-refractivity contribution in [3.63, 3.8) is 0 Å². The fourth-order valence-corrected chi connectivity index (χ4v) is 3.02. The fourth-order valence-electron chi connectivity index (χ4n) is 3.02. The van der Waals surface area contributed by atoms with E-state index in [1.807, 2.05) is 0 Å². The van der Waals surface area contributed by atoms with Crippen LogP contribution in [0.3, 0.4) is 0 Å². The van der Waals surface area contributed by atoms with E-state index in [1.54, 1.807) is 19.0 Å². The molecule has 1 aliphatic heterocycles. The molecule has 152 valence electrons. The molecule has 1 heterocycles. The number of carbonyl (C=O) groups is 1. The second kappa shape index (κ2) is 12.2. The fraction of sp³-hybridized carbons (Fsp3) is 0.600. The van der Waals surface area contributed by atoms with Gasteiger partial charge in [-0.05, 0) is 38.7 Å². The SMILES string of the molecule is Cc1cc(C)cc(CCNC(=NCC(=O)N(C)C)NCC2CCCO2)c1.I. The van der Waals surface area contributed by atoms with Crippen LogP contribution in [0.4, 0.5) is 0 Å². The van der Waals surface area contributed by atoms with Gasteiger partial charge in [-0.2, -0.15) is 0 Å². The number of guanidine groups is 1. The van der Waals surface area contributed by atoms with E-state index in [1.165, 1.54) is 16.7 Å². The molecule has 0 bridgehead atoms. The molecule has 1 amide bonds. The number of carbonyl (C=O) groups excluding carboxylic acids is 1. The summed E-state index contributed by atoms with van der Waals surface area (Å²) in [4.78, 5) is 17.8. The van der Waals surface area contributed by atoms with Gasteiger partial charge in [0.2, 0.25) is 5.91 Å². The number of nitrogens with one attached hydrogen (secondary N) is 2. The third-order valence-electron chi connectivity index (χ3n) is 4.38. The van der Waals surface area contributed by atoms with Gasteiger partial charge < -0.3 is 20.3 Å². The van der Waals surface area contributed by atoms with Crippen LogP contribution in [-0.2, 0) is 16.0 Å². The molecular formula is C20H33IN4O2. The molecule has 2 rings (SSSR count). The Hall–Kier alpha value is -1.35. The smallest absolute Gasteiger partial charge is 0.243 e. The quantitative estimate of drug-likeness (QED) is 0.351. The molecular weight excluding hydrogens is 455 g/mol. The number of halogens is 1. The van der Waals surface area contributed by atoms with Crippen LogP contribution >= 0.6 is 24.0 Å². The Morgan fingerprint density at radius 1 is 1.22 bits per heavy atom. The molecule has 27 heavy (non-hydrogen) atoms. The lowest BCUT2D eigenvalue weighted by Gasteiger charge is -2.16. The molecule has 1 unspecified atom stereocenters. The summed E-state index contributed by atoms with van der Waals surface area (Å²) >= 11 is 0. The average Bonchev–Trinajstić information content (AvgIpc) is 3.09. The summed E-state index contributed by atoms with van der Waals surface area (Å²) in [6.07, 6.45) is 3.31. The van der Waals surface area contributed by atoms with Crippen molar-refractivity contribution in [2.45, 2.75) is 39.2 Å². The first kappa shape index (κ1) is 23.7. The molecule has 1 aromatic carbocycles. The third kappa shape index (κ3) is 8.92. The van der Waals surface area contributed by atoms with Gasteiger partial charge in [-0.1, -0.05) is 29.3 Å². The molecule has 0 radical (unpaired) electrons. The number of benzene rings is 1. The summed E-state index contributed by atoms with van der Waals surface area (Å²) < 4.78 is 5.65. The van der Waals surface area contributed by atoms with Crippen LogP contribution in [0, 0.1) is 13.8 Å². The van der Waals surface area contributed by atoms with Gasteiger partial charge in [-0.25, -0.2) is 4.99 Å². The number of rotatable bonds is 7. The predicted octanol–water partition coefficient (Wildman–Crippen LogP) is 2.27. The molecule has 1 saturated heterocycles. The van der Waals surface area contributed by atoms with E-state index < -0.39 is 0 Å². The van der Waals surface area contributed by atoms with Crippen LogP contribution in [0.25, 0.3) is 0 Å². The Balaban J connectivity index is 0.00000364. The molecule has 0 aliphatic carbocycles. The predicted molar refractivity (Wildman–Crippen MR) is 121 cm³/mol. The zero-order chi connectivity index (χ0) is 18.9. The van der Waals surface area contributed by atoms with E-state index in [2.05, 4.69) is 47.7 Å². The van der Waals surface area contributed by atoms with Gasteiger partial charge in [0.15, 0.2) is 5.96 Å². The first-order chi connectivity index (χ1) is 12.4. The molecule has 1 aromatic rings. The van der Waals surface area contributed by atoms with Gasteiger partial charge in [0, 0.05) is 33.8 Å². The number of aliphatic imine (C=N–C) groups is 1. The number of hydrogen-bond acceptors (Lipinski definition) is 3. The molecule has 6 nitrogen and oxygen atoms in total. The molecule has 1 aliphatic rings. The Bertz CT molecular complexity index is 608. The summed E-state index contributed by atoms with van der Waals surface area (Å²) in [7, 11) is 3.48. The van der Waals surface area contributed by atoms with Crippen molar-refractivity contribution in [1.29, 1.82) is 0 Å². The summed E-state index contributed by atoms with van der Waals surface area (Å²) in [5.74, 6) is 0.651. The number of aryl methyl sites for hydroxylation is 2. The van der Waals surface area contributed by atoms with Crippen LogP contribution in [0.1, 0.15) is 29.5 Å². The molecule has 2 N–H and O–H groups in total. The topological polar surface area (TPSA) is 66.0 Å². The molecule has 0 saturated carbocycles. The number of nitrogens with zero attached hydrogens (tertiary/aromatic N) is 2. The summed E-state index contributed by atoms with van der Waals surface area (Å²) in [6, 6.07) is 6.60. The number of amides is 1. The van der Waals surface area contributed by atoms with Crippen LogP contribution in [0.2, 0.25) is 0 Å². The molecule has 0 aromatic heterocycles. The highest BCUT2D eigenvalue weighted by Gasteiger charge is 2.15. The lowest BCUT2D eigenvalue weighted by molar-refractivity contribution is -0.127. The van der Waals surface area contributed by atoms with Gasteiger partial charge in [0.1, 0.15) is 6.54 Å². The highest BCUT2D eigenvalue weighted by molar-refractivity contribution is 14.0. The maximum atomic E-state index is 11.8. The number of hydrogen-bond donors (Lipinski definition) is 2. The van der Waals surface area contributed by atoms with Crippen molar-refractivity contribution in [3.8, 4) is 0 Å². The highest BCUT2D eigenvalue weighted by atomic mass is 127. The zero-order valence-electron chi connectivity index (χ0n) is 16.9. The van der Waals surface area contributed by atoms with Crippen LogP contribution in [0.5, 0.6) is 0 Å². The summed E-state index contributed by atoms with van der Waals surface area (Å²) in [5, 5.41) is 6.65. The standard InChI is InChI=1S/C20H32N4O2.HI/c1-15-10-16(2)12-17(11-15)7-8-21-20(23-14-19(25)24(3)4)22-13-18-6-5-9-26-18;/h10-12,18H,5-9,13-14H2,1-4H3,(H2,21,22,23);1H. The van der Waals surface area contributed by atoms with Gasteiger partial charge in [-0.3, -0.25) is 4.79 Å². The number of likely N-dealkylation sites (N-methyl/N-ethyl adjacent to an activating group) is 1. The van der Waals surface area contributed by atoms with Gasteiger partial charge in [-0.15, -0.1) is 24.0 Å². The molecule has 1 fully saturated rings. The Morgan fingerprint density at radius 2 is 1.93 bits per heavy atom. The maximum absolute atomic E-state index is 11.8. The van der Waals surface area contributed by atoms with Crippen LogP contribution in [0.15, 0.2) is 23.2 Å². The van der Waals surface area contributed by atoms with Crippen molar-refractivity contribution >= 4 is 35.8 Å². The van der Waals surface area contributed by atoms with Gasteiger partial charge in [0.05, 0.1) is 6.10 Å². The maximum Gasteiger partial charge on any atom is 0.243 e. The van der Waals surface area contributed by atoms with Gasteiger partial charge in [0.25, 0.3) is 0 Å². The average molecular weight is 488 g/mol. The van der Waals surface area contributed by atoms with E-state index in [0.29, 0.717) is 12.5 Å². The van der Waals surface area contributed by atoms with E-state index >= 15 is 0 Å². The highest BCUT2D eigenvalue weighted by Crippen LogP contribution is 2.10.